The summed E-state index contributed by atoms with van der Waals surface area (Å²) in [6.45, 7) is 3.00. The highest BCUT2D eigenvalue weighted by Gasteiger charge is 2.24. The number of nitrogens with two attached hydrogens (primary N) is 1. The van der Waals surface area contributed by atoms with Gasteiger partial charge in [0.05, 0.1) is 29.6 Å². The van der Waals surface area contributed by atoms with E-state index in [0.29, 0.717) is 22.5 Å². The smallest absolute Gasteiger partial charge is 0.339 e. The highest BCUT2D eigenvalue weighted by atomic mass is 16.5. The van der Waals surface area contributed by atoms with Gasteiger partial charge >= 0.3 is 11.9 Å². The Hall–Kier alpha value is -4.92. The number of ketones is 1. The van der Waals surface area contributed by atoms with Crippen molar-refractivity contribution in [3.8, 4) is 5.75 Å². The molecule has 0 spiro atoms. The maximum atomic E-state index is 13.6. The van der Waals surface area contributed by atoms with E-state index < -0.39 is 17.8 Å². The summed E-state index contributed by atoms with van der Waals surface area (Å²) in [5.41, 5.74) is 8.58. The Morgan fingerprint density at radius 2 is 1.72 bits per heavy atom. The molecular weight excluding hydrogens is 462 g/mol. The first-order valence-electron chi connectivity index (χ1n) is 10.9. The zero-order valence-electron chi connectivity index (χ0n) is 19.8. The number of hydrogen-bond donors (Lipinski definition) is 2. The van der Waals surface area contributed by atoms with Crippen molar-refractivity contribution in [1.82, 2.24) is 4.40 Å². The van der Waals surface area contributed by atoms with Crippen molar-refractivity contribution in [2.24, 2.45) is 0 Å². The number of carbonyl (C=O) groups is 4. The van der Waals surface area contributed by atoms with Crippen LogP contribution >= 0.6 is 0 Å². The fourth-order valence-electron chi connectivity index (χ4n) is 3.94. The van der Waals surface area contributed by atoms with Gasteiger partial charge in [-0.3, -0.25) is 14.4 Å². The van der Waals surface area contributed by atoms with E-state index in [4.69, 9.17) is 15.2 Å². The number of amides is 1. The van der Waals surface area contributed by atoms with Crippen molar-refractivity contribution in [2.75, 3.05) is 18.2 Å². The van der Waals surface area contributed by atoms with Crippen LogP contribution < -0.4 is 15.8 Å². The first-order chi connectivity index (χ1) is 17.2. The minimum Gasteiger partial charge on any atom is -0.465 e. The molecule has 0 unspecified atom stereocenters. The van der Waals surface area contributed by atoms with Crippen LogP contribution in [0.15, 0.2) is 66.9 Å². The maximum absolute atomic E-state index is 13.6. The minimum absolute atomic E-state index is 0.0862. The first-order valence-corrected chi connectivity index (χ1v) is 10.9. The summed E-state index contributed by atoms with van der Waals surface area (Å²) in [6.07, 6.45) is 1.71. The molecule has 0 aliphatic heterocycles. The fraction of sp³-hybridized carbons (Fsp3) is 0.111. The van der Waals surface area contributed by atoms with Gasteiger partial charge < -0.3 is 24.9 Å². The highest BCUT2D eigenvalue weighted by Crippen LogP contribution is 2.31. The number of benzene rings is 2. The topological polar surface area (TPSA) is 129 Å². The molecule has 0 bridgehead atoms. The largest absolute Gasteiger partial charge is 0.465 e. The molecule has 0 atom stereocenters. The zero-order chi connectivity index (χ0) is 26.0. The van der Waals surface area contributed by atoms with Crippen molar-refractivity contribution in [2.45, 2.75) is 13.8 Å². The SMILES string of the molecule is COC(=O)c1cc(C(=O)c2c(C)c(NC(=O)c3cccc(OC(C)=O)c3)c3ccccn23)ccc1N. The number of fused-ring (bicyclic) bond motifs is 1. The van der Waals surface area contributed by atoms with Gasteiger partial charge in [-0.25, -0.2) is 4.79 Å². The molecule has 2 heterocycles. The Balaban J connectivity index is 1.75. The lowest BCUT2D eigenvalue weighted by Gasteiger charge is -2.08. The van der Waals surface area contributed by atoms with E-state index in [1.807, 2.05) is 0 Å². The molecule has 0 aliphatic carbocycles. The molecule has 0 saturated carbocycles. The Kier molecular flexibility index (Phi) is 6.56. The van der Waals surface area contributed by atoms with Crippen molar-refractivity contribution in [3.05, 3.63) is 94.8 Å². The van der Waals surface area contributed by atoms with Gasteiger partial charge in [0.2, 0.25) is 5.78 Å². The van der Waals surface area contributed by atoms with Gasteiger partial charge in [0.1, 0.15) is 5.75 Å². The number of anilines is 2. The molecule has 9 heteroatoms. The third kappa shape index (κ3) is 4.54. The van der Waals surface area contributed by atoms with Gasteiger partial charge in [-0.1, -0.05) is 12.1 Å². The third-order valence-corrected chi connectivity index (χ3v) is 5.62. The maximum Gasteiger partial charge on any atom is 0.339 e. The van der Waals surface area contributed by atoms with E-state index in [-0.39, 0.29) is 33.9 Å². The molecule has 0 aliphatic rings. The number of carbonyl (C=O) groups excluding carboxylic acids is 4. The number of methoxy groups -OCH3 is 1. The van der Waals surface area contributed by atoms with E-state index in [1.165, 1.54) is 38.3 Å². The lowest BCUT2D eigenvalue weighted by atomic mass is 10.0. The average molecular weight is 485 g/mol. The van der Waals surface area contributed by atoms with Gasteiger partial charge in [-0.2, -0.15) is 0 Å². The van der Waals surface area contributed by atoms with Gasteiger partial charge in [0.25, 0.3) is 5.91 Å². The Labute approximate surface area is 206 Å². The van der Waals surface area contributed by atoms with Crippen LogP contribution in [0.5, 0.6) is 5.75 Å². The van der Waals surface area contributed by atoms with E-state index in [0.717, 1.165) is 0 Å². The molecule has 0 radical (unpaired) electrons. The van der Waals surface area contributed by atoms with Crippen LogP contribution in [-0.4, -0.2) is 35.1 Å². The van der Waals surface area contributed by atoms with Gasteiger partial charge in [0, 0.05) is 35.5 Å². The van der Waals surface area contributed by atoms with Crippen LogP contribution in [0, 0.1) is 6.92 Å². The number of hydrogen-bond acceptors (Lipinski definition) is 7. The molecule has 4 rings (SSSR count). The van der Waals surface area contributed by atoms with Gasteiger partial charge in [0.15, 0.2) is 0 Å². The third-order valence-electron chi connectivity index (χ3n) is 5.62. The fourth-order valence-corrected chi connectivity index (χ4v) is 3.94. The summed E-state index contributed by atoms with van der Waals surface area (Å²) in [4.78, 5) is 50.0. The molecule has 3 N–H and O–H groups in total. The summed E-state index contributed by atoms with van der Waals surface area (Å²) >= 11 is 0. The van der Waals surface area contributed by atoms with Crippen LogP contribution in [0.2, 0.25) is 0 Å². The van der Waals surface area contributed by atoms with Crippen LogP contribution in [0.1, 0.15) is 49.3 Å². The number of rotatable bonds is 6. The molecule has 1 amide bonds. The zero-order valence-corrected chi connectivity index (χ0v) is 19.8. The van der Waals surface area contributed by atoms with Crippen molar-refractivity contribution >= 4 is 40.5 Å². The quantitative estimate of drug-likeness (QED) is 0.183. The normalized spacial score (nSPS) is 10.6. The standard InChI is InChI=1S/C27H23N3O6/c1-15-23(29-26(33)18-7-6-8-19(13-18)36-16(2)31)22-9-4-5-12-30(22)24(15)25(32)17-10-11-21(28)20(14-17)27(34)35-3/h4-14H,28H2,1-3H3,(H,29,33). The summed E-state index contributed by atoms with van der Waals surface area (Å²) in [6, 6.07) is 16.0. The van der Waals surface area contributed by atoms with Gasteiger partial charge in [-0.05, 0) is 55.5 Å². The van der Waals surface area contributed by atoms with Crippen LogP contribution in [0.25, 0.3) is 5.52 Å². The monoisotopic (exact) mass is 485 g/mol. The summed E-state index contributed by atoms with van der Waals surface area (Å²) in [7, 11) is 1.23. The van der Waals surface area contributed by atoms with Crippen molar-refractivity contribution in [3.63, 3.8) is 0 Å². The number of nitrogens with zero attached hydrogens (tertiary/aromatic N) is 1. The van der Waals surface area contributed by atoms with Gasteiger partial charge in [-0.15, -0.1) is 0 Å². The Bertz CT molecular complexity index is 1540. The Morgan fingerprint density at radius 1 is 0.944 bits per heavy atom. The molecule has 4 aromatic rings. The lowest BCUT2D eigenvalue weighted by molar-refractivity contribution is -0.131. The molecular formula is C27H23N3O6. The van der Waals surface area contributed by atoms with E-state index >= 15 is 0 Å². The second-order valence-corrected chi connectivity index (χ2v) is 8.00. The second-order valence-electron chi connectivity index (χ2n) is 8.00. The predicted molar refractivity (Wildman–Crippen MR) is 133 cm³/mol. The summed E-state index contributed by atoms with van der Waals surface area (Å²) < 4.78 is 11.5. The van der Waals surface area contributed by atoms with Crippen molar-refractivity contribution < 1.29 is 28.7 Å². The number of esters is 2. The number of aromatic nitrogens is 1. The van der Waals surface area contributed by atoms with E-state index in [2.05, 4.69) is 5.32 Å². The van der Waals surface area contributed by atoms with E-state index in [1.54, 1.807) is 53.9 Å². The van der Waals surface area contributed by atoms with Crippen LogP contribution in [0.3, 0.4) is 0 Å². The number of nitrogen functional groups attached to an aromatic ring is 1. The minimum atomic E-state index is -0.650. The number of nitrogens with one attached hydrogen (secondary N) is 1. The van der Waals surface area contributed by atoms with E-state index in [9.17, 15) is 19.2 Å². The van der Waals surface area contributed by atoms with Crippen molar-refractivity contribution in [1.29, 1.82) is 0 Å². The molecule has 182 valence electrons. The molecule has 2 aromatic carbocycles. The number of ether oxygens (including phenoxy) is 2. The molecule has 0 fully saturated rings. The summed E-state index contributed by atoms with van der Waals surface area (Å²) in [5.74, 6) is -1.71. The lowest BCUT2D eigenvalue weighted by Crippen LogP contribution is -2.13. The first kappa shape index (κ1) is 24.2. The van der Waals surface area contributed by atoms with Crippen LogP contribution in [-0.2, 0) is 9.53 Å². The predicted octanol–water partition coefficient (Wildman–Crippen LogP) is 4.03. The molecule has 0 saturated heterocycles. The second kappa shape index (κ2) is 9.75. The van der Waals surface area contributed by atoms with Crippen LogP contribution in [0.4, 0.5) is 11.4 Å². The molecule has 2 aromatic heterocycles. The number of pyridine rings is 1. The Morgan fingerprint density at radius 3 is 2.44 bits per heavy atom. The molecule has 36 heavy (non-hydrogen) atoms. The molecule has 9 nitrogen and oxygen atoms in total. The average Bonchev–Trinajstić information content (AvgIpc) is 3.14. The summed E-state index contributed by atoms with van der Waals surface area (Å²) in [5, 5.41) is 2.88. The highest BCUT2D eigenvalue weighted by molar-refractivity contribution is 6.14.